The van der Waals surface area contributed by atoms with Crippen LogP contribution in [-0.2, 0) is 19.5 Å². The SMILES string of the molecule is Cc1ccc(CN2CCc3c(nc(C4CC4)[nH]c3=O)C2)c(Br)c1. The van der Waals surface area contributed by atoms with E-state index in [1.807, 2.05) is 0 Å². The summed E-state index contributed by atoms with van der Waals surface area (Å²) in [5.74, 6) is 1.38. The molecule has 1 N–H and O–H groups in total. The van der Waals surface area contributed by atoms with Gasteiger partial charge in [0.1, 0.15) is 5.82 Å². The summed E-state index contributed by atoms with van der Waals surface area (Å²) in [5, 5.41) is 0. The molecule has 120 valence electrons. The third-order valence-electron chi connectivity index (χ3n) is 4.74. The van der Waals surface area contributed by atoms with Gasteiger partial charge in [-0.15, -0.1) is 0 Å². The summed E-state index contributed by atoms with van der Waals surface area (Å²) in [6.45, 7) is 4.65. The molecule has 0 radical (unpaired) electrons. The Morgan fingerprint density at radius 2 is 2.22 bits per heavy atom. The number of benzene rings is 1. The van der Waals surface area contributed by atoms with Crippen LogP contribution in [0.25, 0.3) is 0 Å². The Morgan fingerprint density at radius 3 is 2.96 bits per heavy atom. The highest BCUT2D eigenvalue weighted by Gasteiger charge is 2.29. The second-order valence-electron chi connectivity index (χ2n) is 6.71. The molecule has 0 unspecified atom stereocenters. The minimum absolute atomic E-state index is 0.0769. The summed E-state index contributed by atoms with van der Waals surface area (Å²) in [6, 6.07) is 6.48. The molecule has 5 heteroatoms. The Bertz CT molecular complexity index is 810. The normalized spacial score (nSPS) is 18.0. The molecule has 4 nitrogen and oxygen atoms in total. The lowest BCUT2D eigenvalue weighted by molar-refractivity contribution is 0.239. The molecule has 1 saturated carbocycles. The lowest BCUT2D eigenvalue weighted by Crippen LogP contribution is -2.35. The van der Waals surface area contributed by atoms with Crippen molar-refractivity contribution in [3.05, 3.63) is 61.2 Å². The van der Waals surface area contributed by atoms with Gasteiger partial charge in [0.05, 0.1) is 5.69 Å². The van der Waals surface area contributed by atoms with Gasteiger partial charge >= 0.3 is 0 Å². The number of halogens is 1. The van der Waals surface area contributed by atoms with Crippen LogP contribution in [-0.4, -0.2) is 21.4 Å². The fourth-order valence-corrected chi connectivity index (χ4v) is 3.84. The predicted octanol–water partition coefficient (Wildman–Crippen LogP) is 3.28. The fraction of sp³-hybridized carbons (Fsp3) is 0.444. The van der Waals surface area contributed by atoms with Crippen molar-refractivity contribution in [2.45, 2.75) is 45.2 Å². The Balaban J connectivity index is 1.57. The molecule has 2 aliphatic rings. The van der Waals surface area contributed by atoms with E-state index < -0.39 is 0 Å². The largest absolute Gasteiger partial charge is 0.310 e. The predicted molar refractivity (Wildman–Crippen MR) is 93.5 cm³/mol. The highest BCUT2D eigenvalue weighted by molar-refractivity contribution is 9.10. The van der Waals surface area contributed by atoms with Gasteiger partial charge in [0.15, 0.2) is 0 Å². The molecule has 1 aromatic carbocycles. The van der Waals surface area contributed by atoms with Crippen molar-refractivity contribution in [2.24, 2.45) is 0 Å². The van der Waals surface area contributed by atoms with Gasteiger partial charge in [-0.25, -0.2) is 4.98 Å². The number of fused-ring (bicyclic) bond motifs is 1. The number of hydrogen-bond donors (Lipinski definition) is 1. The zero-order valence-electron chi connectivity index (χ0n) is 13.2. The van der Waals surface area contributed by atoms with Gasteiger partial charge in [0, 0.05) is 35.6 Å². The summed E-state index contributed by atoms with van der Waals surface area (Å²) in [7, 11) is 0. The van der Waals surface area contributed by atoms with Crippen molar-refractivity contribution >= 4 is 15.9 Å². The minimum Gasteiger partial charge on any atom is -0.310 e. The number of rotatable bonds is 3. The van der Waals surface area contributed by atoms with Crippen molar-refractivity contribution in [3.8, 4) is 0 Å². The maximum Gasteiger partial charge on any atom is 0.254 e. The number of aromatic nitrogens is 2. The van der Waals surface area contributed by atoms with Gasteiger partial charge < -0.3 is 4.98 Å². The highest BCUT2D eigenvalue weighted by Crippen LogP contribution is 2.37. The van der Waals surface area contributed by atoms with E-state index in [0.717, 1.165) is 60.5 Å². The lowest BCUT2D eigenvalue weighted by atomic mass is 10.0. The Morgan fingerprint density at radius 1 is 1.39 bits per heavy atom. The standard InChI is InChI=1S/C18H20BrN3O/c1-11-2-3-13(15(19)8-11)9-22-7-6-14-16(10-22)20-17(12-4-5-12)21-18(14)23/h2-3,8,12H,4-7,9-10H2,1H3,(H,20,21,23). The molecule has 1 aliphatic heterocycles. The Hall–Kier alpha value is -1.46. The molecule has 1 fully saturated rings. The zero-order chi connectivity index (χ0) is 16.0. The summed E-state index contributed by atoms with van der Waals surface area (Å²) < 4.78 is 1.15. The number of aromatic amines is 1. The Kier molecular flexibility index (Phi) is 3.85. The molecule has 4 rings (SSSR count). The average Bonchev–Trinajstić information content (AvgIpc) is 3.34. The van der Waals surface area contributed by atoms with Crippen LogP contribution in [0.3, 0.4) is 0 Å². The highest BCUT2D eigenvalue weighted by atomic mass is 79.9. The van der Waals surface area contributed by atoms with E-state index in [1.165, 1.54) is 11.1 Å². The van der Waals surface area contributed by atoms with Crippen LogP contribution < -0.4 is 5.56 Å². The monoisotopic (exact) mass is 373 g/mol. The van der Waals surface area contributed by atoms with Gasteiger partial charge in [-0.3, -0.25) is 9.69 Å². The molecule has 2 heterocycles. The average molecular weight is 374 g/mol. The molecule has 0 atom stereocenters. The summed E-state index contributed by atoms with van der Waals surface area (Å²) in [6.07, 6.45) is 3.09. The lowest BCUT2D eigenvalue weighted by Gasteiger charge is -2.28. The fourth-order valence-electron chi connectivity index (χ4n) is 3.22. The van der Waals surface area contributed by atoms with Crippen molar-refractivity contribution in [1.82, 2.24) is 14.9 Å². The molecule has 0 amide bonds. The molecule has 1 aromatic heterocycles. The van der Waals surface area contributed by atoms with E-state index in [0.29, 0.717) is 5.92 Å². The third kappa shape index (κ3) is 3.12. The van der Waals surface area contributed by atoms with E-state index in [9.17, 15) is 4.79 Å². The number of nitrogens with one attached hydrogen (secondary N) is 1. The van der Waals surface area contributed by atoms with Crippen LogP contribution in [0.15, 0.2) is 27.5 Å². The minimum atomic E-state index is 0.0769. The van der Waals surface area contributed by atoms with Crippen molar-refractivity contribution < 1.29 is 0 Å². The number of aryl methyl sites for hydroxylation is 1. The number of H-pyrrole nitrogens is 1. The summed E-state index contributed by atoms with van der Waals surface area (Å²) in [4.78, 5) is 22.4. The van der Waals surface area contributed by atoms with Gasteiger partial charge in [-0.1, -0.05) is 28.1 Å². The molecule has 2 aromatic rings. The second kappa shape index (κ2) is 5.87. The zero-order valence-corrected chi connectivity index (χ0v) is 14.8. The van der Waals surface area contributed by atoms with Gasteiger partial charge in [-0.05, 0) is 43.4 Å². The van der Waals surface area contributed by atoms with Crippen molar-refractivity contribution in [3.63, 3.8) is 0 Å². The van der Waals surface area contributed by atoms with E-state index in [1.54, 1.807) is 0 Å². The molecule has 0 bridgehead atoms. The van der Waals surface area contributed by atoms with Crippen LogP contribution in [0.5, 0.6) is 0 Å². The number of nitrogens with zero attached hydrogens (tertiary/aromatic N) is 2. The van der Waals surface area contributed by atoms with Crippen LogP contribution >= 0.6 is 15.9 Å². The van der Waals surface area contributed by atoms with Crippen molar-refractivity contribution in [1.29, 1.82) is 0 Å². The first-order chi connectivity index (χ1) is 11.1. The van der Waals surface area contributed by atoms with E-state index in [4.69, 9.17) is 4.98 Å². The van der Waals surface area contributed by atoms with Crippen LogP contribution in [0.4, 0.5) is 0 Å². The molecule has 0 saturated heterocycles. The van der Waals surface area contributed by atoms with Gasteiger partial charge in [0.2, 0.25) is 0 Å². The van der Waals surface area contributed by atoms with E-state index >= 15 is 0 Å². The summed E-state index contributed by atoms with van der Waals surface area (Å²) in [5.41, 5.74) is 4.48. The summed E-state index contributed by atoms with van der Waals surface area (Å²) >= 11 is 3.66. The van der Waals surface area contributed by atoms with E-state index in [2.05, 4.69) is 50.9 Å². The quantitative estimate of drug-likeness (QED) is 0.897. The maximum atomic E-state index is 12.3. The molecular weight excluding hydrogens is 354 g/mol. The smallest absolute Gasteiger partial charge is 0.254 e. The van der Waals surface area contributed by atoms with Crippen LogP contribution in [0.2, 0.25) is 0 Å². The molecule has 0 spiro atoms. The first kappa shape index (κ1) is 15.1. The topological polar surface area (TPSA) is 49.0 Å². The maximum absolute atomic E-state index is 12.3. The van der Waals surface area contributed by atoms with Crippen LogP contribution in [0, 0.1) is 6.92 Å². The third-order valence-corrected chi connectivity index (χ3v) is 5.48. The number of hydrogen-bond acceptors (Lipinski definition) is 3. The van der Waals surface area contributed by atoms with Gasteiger partial charge in [-0.2, -0.15) is 0 Å². The molecule has 23 heavy (non-hydrogen) atoms. The van der Waals surface area contributed by atoms with Gasteiger partial charge in [0.25, 0.3) is 5.56 Å². The second-order valence-corrected chi connectivity index (χ2v) is 7.56. The van der Waals surface area contributed by atoms with Crippen molar-refractivity contribution in [2.75, 3.05) is 6.54 Å². The molecular formula is C18H20BrN3O. The first-order valence-electron chi connectivity index (χ1n) is 8.19. The molecule has 1 aliphatic carbocycles. The Labute approximate surface area is 144 Å². The first-order valence-corrected chi connectivity index (χ1v) is 8.99. The van der Waals surface area contributed by atoms with E-state index in [-0.39, 0.29) is 5.56 Å². The van der Waals surface area contributed by atoms with Crippen LogP contribution in [0.1, 0.15) is 47.0 Å².